The molecule has 0 amide bonds. The van der Waals surface area contributed by atoms with E-state index in [0.29, 0.717) is 6.42 Å². The maximum atomic E-state index is 11.0. The lowest BCUT2D eigenvalue weighted by atomic mass is 9.90. The van der Waals surface area contributed by atoms with Crippen molar-refractivity contribution in [2.45, 2.75) is 19.8 Å². The third kappa shape index (κ3) is 1.75. The molecule has 1 heterocycles. The summed E-state index contributed by atoms with van der Waals surface area (Å²) in [6, 6.07) is 0. The number of rotatable bonds is 3. The van der Waals surface area contributed by atoms with E-state index in [1.807, 2.05) is 6.92 Å². The first-order valence-electron chi connectivity index (χ1n) is 4.03. The first kappa shape index (κ1) is 9.03. The van der Waals surface area contributed by atoms with Crippen molar-refractivity contribution in [3.63, 3.8) is 0 Å². The van der Waals surface area contributed by atoms with Gasteiger partial charge in [-0.05, 0) is 6.42 Å². The Bertz CT molecular complexity index is 199. The first-order valence-corrected chi connectivity index (χ1v) is 4.03. The van der Waals surface area contributed by atoms with Gasteiger partial charge in [0.25, 0.3) is 0 Å². The molecule has 0 aromatic carbocycles. The molecule has 12 heavy (non-hydrogen) atoms. The second-order valence-corrected chi connectivity index (χ2v) is 3.00. The van der Waals surface area contributed by atoms with E-state index < -0.39 is 5.97 Å². The highest BCUT2D eigenvalue weighted by Crippen LogP contribution is 2.27. The summed E-state index contributed by atoms with van der Waals surface area (Å²) in [6.07, 6.45) is 0.695. The SMILES string of the molecule is CC[C@H]1C(=O)OC[C@@H]1CC(=O)O. The average molecular weight is 172 g/mol. The van der Waals surface area contributed by atoms with Crippen LogP contribution in [0.4, 0.5) is 0 Å². The maximum Gasteiger partial charge on any atom is 0.309 e. The number of carboxylic acid groups (broad SMARTS) is 1. The van der Waals surface area contributed by atoms with Crippen molar-refractivity contribution in [2.75, 3.05) is 6.61 Å². The molecule has 0 saturated carbocycles. The standard InChI is InChI=1S/C8H12O4/c1-2-6-5(3-7(9)10)4-12-8(6)11/h5-6H,2-4H2,1H3,(H,9,10)/t5-,6+/m0/s1. The minimum atomic E-state index is -0.864. The quantitative estimate of drug-likeness (QED) is 0.635. The molecule has 1 fully saturated rings. The number of cyclic esters (lactones) is 1. The van der Waals surface area contributed by atoms with Gasteiger partial charge in [-0.15, -0.1) is 0 Å². The van der Waals surface area contributed by atoms with Gasteiger partial charge in [0.1, 0.15) is 0 Å². The van der Waals surface area contributed by atoms with E-state index in [1.165, 1.54) is 0 Å². The van der Waals surface area contributed by atoms with Gasteiger partial charge >= 0.3 is 11.9 Å². The van der Waals surface area contributed by atoms with Gasteiger partial charge in [-0.2, -0.15) is 0 Å². The molecule has 68 valence electrons. The molecule has 4 nitrogen and oxygen atoms in total. The van der Waals surface area contributed by atoms with E-state index in [2.05, 4.69) is 0 Å². The van der Waals surface area contributed by atoms with Crippen LogP contribution in [0.2, 0.25) is 0 Å². The van der Waals surface area contributed by atoms with Crippen LogP contribution < -0.4 is 0 Å². The third-order valence-electron chi connectivity index (χ3n) is 2.19. The number of ether oxygens (including phenoxy) is 1. The second-order valence-electron chi connectivity index (χ2n) is 3.00. The zero-order valence-electron chi connectivity index (χ0n) is 6.95. The van der Waals surface area contributed by atoms with Crippen molar-refractivity contribution >= 4 is 11.9 Å². The van der Waals surface area contributed by atoms with Crippen molar-refractivity contribution in [3.8, 4) is 0 Å². The average Bonchev–Trinajstić information content (AvgIpc) is 2.30. The summed E-state index contributed by atoms with van der Waals surface area (Å²) in [6.45, 7) is 2.13. The number of aliphatic carboxylic acids is 1. The fourth-order valence-corrected chi connectivity index (χ4v) is 1.53. The van der Waals surface area contributed by atoms with Crippen molar-refractivity contribution in [2.24, 2.45) is 11.8 Å². The predicted molar refractivity (Wildman–Crippen MR) is 40.5 cm³/mol. The molecular weight excluding hydrogens is 160 g/mol. The van der Waals surface area contributed by atoms with E-state index in [1.54, 1.807) is 0 Å². The Morgan fingerprint density at radius 3 is 2.92 bits per heavy atom. The molecule has 0 aromatic heterocycles. The van der Waals surface area contributed by atoms with E-state index in [9.17, 15) is 9.59 Å². The van der Waals surface area contributed by atoms with E-state index in [-0.39, 0.29) is 30.8 Å². The highest BCUT2D eigenvalue weighted by molar-refractivity contribution is 5.76. The van der Waals surface area contributed by atoms with Crippen molar-refractivity contribution in [1.29, 1.82) is 0 Å². The number of esters is 1. The highest BCUT2D eigenvalue weighted by Gasteiger charge is 2.36. The Balaban J connectivity index is 2.54. The Hall–Kier alpha value is -1.06. The number of hydrogen-bond donors (Lipinski definition) is 1. The molecule has 0 spiro atoms. The molecule has 1 aliphatic rings. The molecule has 1 rings (SSSR count). The minimum Gasteiger partial charge on any atom is -0.481 e. The van der Waals surface area contributed by atoms with Crippen LogP contribution in [0.3, 0.4) is 0 Å². The number of carboxylic acids is 1. The van der Waals surface area contributed by atoms with Crippen LogP contribution in [0.5, 0.6) is 0 Å². The van der Waals surface area contributed by atoms with Gasteiger partial charge in [-0.3, -0.25) is 9.59 Å². The van der Waals surface area contributed by atoms with Crippen molar-refractivity contribution < 1.29 is 19.4 Å². The van der Waals surface area contributed by atoms with Gasteiger partial charge in [-0.25, -0.2) is 0 Å². The monoisotopic (exact) mass is 172 g/mol. The van der Waals surface area contributed by atoms with Crippen LogP contribution in [-0.4, -0.2) is 23.7 Å². The summed E-state index contributed by atoms with van der Waals surface area (Å²) in [5.74, 6) is -1.44. The Kier molecular flexibility index (Phi) is 2.68. The topological polar surface area (TPSA) is 63.6 Å². The van der Waals surface area contributed by atoms with Gasteiger partial charge in [0.15, 0.2) is 0 Å². The normalized spacial score (nSPS) is 28.6. The second kappa shape index (κ2) is 3.56. The summed E-state index contributed by atoms with van der Waals surface area (Å²) >= 11 is 0. The lowest BCUT2D eigenvalue weighted by Gasteiger charge is -2.09. The van der Waals surface area contributed by atoms with Crippen LogP contribution in [-0.2, 0) is 14.3 Å². The summed E-state index contributed by atoms with van der Waals surface area (Å²) < 4.78 is 4.77. The molecule has 2 atom stereocenters. The van der Waals surface area contributed by atoms with Gasteiger partial charge < -0.3 is 9.84 Å². The summed E-state index contributed by atoms with van der Waals surface area (Å²) in [7, 11) is 0. The molecule has 4 heteroatoms. The first-order chi connectivity index (χ1) is 5.65. The van der Waals surface area contributed by atoms with E-state index >= 15 is 0 Å². The van der Waals surface area contributed by atoms with Crippen LogP contribution >= 0.6 is 0 Å². The predicted octanol–water partition coefficient (Wildman–Crippen LogP) is 0.660. The summed E-state index contributed by atoms with van der Waals surface area (Å²) in [4.78, 5) is 21.3. The zero-order chi connectivity index (χ0) is 9.14. The number of carbonyl (C=O) groups is 2. The molecule has 1 saturated heterocycles. The van der Waals surface area contributed by atoms with Gasteiger partial charge in [-0.1, -0.05) is 6.92 Å². The maximum absolute atomic E-state index is 11.0. The van der Waals surface area contributed by atoms with Crippen molar-refractivity contribution in [3.05, 3.63) is 0 Å². The Morgan fingerprint density at radius 2 is 2.42 bits per heavy atom. The minimum absolute atomic E-state index is 0.0320. The number of hydrogen-bond acceptors (Lipinski definition) is 3. The van der Waals surface area contributed by atoms with Crippen molar-refractivity contribution in [1.82, 2.24) is 0 Å². The van der Waals surface area contributed by atoms with Gasteiger partial charge in [0.2, 0.25) is 0 Å². The fraction of sp³-hybridized carbons (Fsp3) is 0.750. The van der Waals surface area contributed by atoms with Crippen LogP contribution in [0.15, 0.2) is 0 Å². The van der Waals surface area contributed by atoms with Crippen LogP contribution in [0.1, 0.15) is 19.8 Å². The smallest absolute Gasteiger partial charge is 0.309 e. The lowest BCUT2D eigenvalue weighted by molar-refractivity contribution is -0.141. The Labute approximate surface area is 70.5 Å². The molecule has 0 bridgehead atoms. The number of carbonyl (C=O) groups excluding carboxylic acids is 1. The van der Waals surface area contributed by atoms with Gasteiger partial charge in [0, 0.05) is 5.92 Å². The largest absolute Gasteiger partial charge is 0.481 e. The highest BCUT2D eigenvalue weighted by atomic mass is 16.5. The molecule has 0 radical (unpaired) electrons. The summed E-state index contributed by atoms with van der Waals surface area (Å²) in [5.41, 5.74) is 0. The molecule has 0 unspecified atom stereocenters. The third-order valence-corrected chi connectivity index (χ3v) is 2.19. The molecule has 1 aliphatic heterocycles. The van der Waals surface area contributed by atoms with Gasteiger partial charge in [0.05, 0.1) is 18.9 Å². The Morgan fingerprint density at radius 1 is 1.75 bits per heavy atom. The molecule has 0 aliphatic carbocycles. The fourth-order valence-electron chi connectivity index (χ4n) is 1.53. The molecular formula is C8H12O4. The van der Waals surface area contributed by atoms with Crippen LogP contribution in [0.25, 0.3) is 0 Å². The van der Waals surface area contributed by atoms with E-state index in [0.717, 1.165) is 0 Å². The lowest BCUT2D eigenvalue weighted by Crippen LogP contribution is -2.18. The summed E-state index contributed by atoms with van der Waals surface area (Å²) in [5, 5.41) is 8.51. The molecule has 0 aromatic rings. The van der Waals surface area contributed by atoms with E-state index in [4.69, 9.17) is 9.84 Å². The molecule has 1 N–H and O–H groups in total. The zero-order valence-corrected chi connectivity index (χ0v) is 6.95. The van der Waals surface area contributed by atoms with Crippen LogP contribution in [0, 0.1) is 11.8 Å².